The van der Waals surface area contributed by atoms with Crippen LogP contribution in [0.15, 0.2) is 53.9 Å². The summed E-state index contributed by atoms with van der Waals surface area (Å²) < 4.78 is 24.9. The molecule has 1 atom stereocenters. The van der Waals surface area contributed by atoms with Crippen molar-refractivity contribution in [3.63, 3.8) is 0 Å². The minimum atomic E-state index is -0.443. The van der Waals surface area contributed by atoms with E-state index in [0.717, 1.165) is 16.9 Å². The largest absolute Gasteiger partial charge is 0.493 e. The van der Waals surface area contributed by atoms with Crippen molar-refractivity contribution in [3.05, 3.63) is 75.7 Å². The molecule has 1 N–H and O–H groups in total. The Labute approximate surface area is 179 Å². The number of thiophene rings is 1. The zero-order valence-corrected chi connectivity index (χ0v) is 17.7. The van der Waals surface area contributed by atoms with Crippen LogP contribution in [0.2, 0.25) is 0 Å². The summed E-state index contributed by atoms with van der Waals surface area (Å²) in [5.41, 5.74) is 2.47. The van der Waals surface area contributed by atoms with E-state index in [0.29, 0.717) is 18.0 Å². The number of carbonyl (C=O) groups excluding carboxylic acids is 1. The number of nitrogens with one attached hydrogen (secondary N) is 1. The Morgan fingerprint density at radius 2 is 1.93 bits per heavy atom. The van der Waals surface area contributed by atoms with Gasteiger partial charge in [0, 0.05) is 11.4 Å². The van der Waals surface area contributed by atoms with E-state index in [1.165, 1.54) is 11.6 Å². The molecule has 0 saturated carbocycles. The van der Waals surface area contributed by atoms with Gasteiger partial charge < -0.3 is 14.8 Å². The first-order chi connectivity index (χ1) is 14.6. The maximum atomic E-state index is 13.9. The average molecular weight is 427 g/mol. The van der Waals surface area contributed by atoms with Crippen molar-refractivity contribution >= 4 is 22.9 Å². The second-order valence-electron chi connectivity index (χ2n) is 7.07. The van der Waals surface area contributed by atoms with Crippen molar-refractivity contribution in [2.24, 2.45) is 0 Å². The molecule has 1 amide bonds. The highest BCUT2D eigenvalue weighted by Gasteiger charge is 2.32. The molecule has 0 saturated heterocycles. The Morgan fingerprint density at radius 3 is 2.63 bits per heavy atom. The summed E-state index contributed by atoms with van der Waals surface area (Å²) in [5, 5.41) is 4.72. The zero-order chi connectivity index (χ0) is 21.1. The number of hydrogen-bond acceptors (Lipinski definition) is 5. The molecular formula is C23H23FN2O3S. The SMILES string of the molecule is COc1cc2c(cc1OC)C(c1cccs1)N(CC(=O)Nc1ccccc1F)CC2. The van der Waals surface area contributed by atoms with Crippen LogP contribution in [0.25, 0.3) is 0 Å². The first-order valence-corrected chi connectivity index (χ1v) is 10.5. The fourth-order valence-corrected chi connectivity index (χ4v) is 4.76. The topological polar surface area (TPSA) is 50.8 Å². The summed E-state index contributed by atoms with van der Waals surface area (Å²) >= 11 is 1.65. The number of halogens is 1. The van der Waals surface area contributed by atoms with Crippen molar-refractivity contribution in [1.29, 1.82) is 0 Å². The lowest BCUT2D eigenvalue weighted by Gasteiger charge is -2.37. The van der Waals surface area contributed by atoms with Crippen LogP contribution in [-0.2, 0) is 11.2 Å². The molecule has 1 aliphatic rings. The minimum absolute atomic E-state index is 0.0834. The molecule has 0 fully saturated rings. The molecule has 4 rings (SSSR count). The van der Waals surface area contributed by atoms with Gasteiger partial charge in [-0.25, -0.2) is 4.39 Å². The lowest BCUT2D eigenvalue weighted by atomic mass is 9.91. The minimum Gasteiger partial charge on any atom is -0.493 e. The first kappa shape index (κ1) is 20.4. The number of nitrogens with zero attached hydrogens (tertiary/aromatic N) is 1. The van der Waals surface area contributed by atoms with E-state index in [2.05, 4.69) is 16.3 Å². The van der Waals surface area contributed by atoms with Crippen molar-refractivity contribution in [2.45, 2.75) is 12.5 Å². The summed E-state index contributed by atoms with van der Waals surface area (Å²) in [6.45, 7) is 0.862. The first-order valence-electron chi connectivity index (χ1n) is 9.67. The van der Waals surface area contributed by atoms with Gasteiger partial charge in [0.25, 0.3) is 0 Å². The highest BCUT2D eigenvalue weighted by Crippen LogP contribution is 2.42. The summed E-state index contributed by atoms with van der Waals surface area (Å²) in [7, 11) is 3.25. The number of benzene rings is 2. The monoisotopic (exact) mass is 426 g/mol. The molecular weight excluding hydrogens is 403 g/mol. The molecule has 0 radical (unpaired) electrons. The fraction of sp³-hybridized carbons (Fsp3) is 0.261. The van der Waals surface area contributed by atoms with Gasteiger partial charge in [0.15, 0.2) is 11.5 Å². The van der Waals surface area contributed by atoms with E-state index in [4.69, 9.17) is 9.47 Å². The molecule has 2 aromatic carbocycles. The van der Waals surface area contributed by atoms with Crippen molar-refractivity contribution < 1.29 is 18.7 Å². The molecule has 1 aliphatic heterocycles. The van der Waals surface area contributed by atoms with Crippen molar-refractivity contribution in [1.82, 2.24) is 4.90 Å². The number of fused-ring (bicyclic) bond motifs is 1. The summed E-state index contributed by atoms with van der Waals surface area (Å²) in [5.74, 6) is 0.675. The summed E-state index contributed by atoms with van der Waals surface area (Å²) in [4.78, 5) is 16.0. The van der Waals surface area contributed by atoms with E-state index >= 15 is 0 Å². The highest BCUT2D eigenvalue weighted by molar-refractivity contribution is 7.10. The molecule has 2 heterocycles. The molecule has 1 unspecified atom stereocenters. The number of carbonyl (C=O) groups is 1. The van der Waals surface area contributed by atoms with Gasteiger partial charge in [-0.05, 0) is 53.3 Å². The van der Waals surface area contributed by atoms with E-state index in [9.17, 15) is 9.18 Å². The third-order valence-corrected chi connectivity index (χ3v) is 6.21. The third-order valence-electron chi connectivity index (χ3n) is 5.28. The van der Waals surface area contributed by atoms with Crippen LogP contribution in [-0.4, -0.2) is 38.1 Å². The quantitative estimate of drug-likeness (QED) is 0.631. The number of rotatable bonds is 6. The number of anilines is 1. The molecule has 0 bridgehead atoms. The smallest absolute Gasteiger partial charge is 0.238 e. The lowest BCUT2D eigenvalue weighted by Crippen LogP contribution is -2.41. The molecule has 1 aromatic heterocycles. The lowest BCUT2D eigenvalue weighted by molar-refractivity contribution is -0.117. The van der Waals surface area contributed by atoms with Gasteiger partial charge in [0.05, 0.1) is 32.5 Å². The van der Waals surface area contributed by atoms with Gasteiger partial charge in [-0.2, -0.15) is 0 Å². The predicted molar refractivity (Wildman–Crippen MR) is 116 cm³/mol. The number of ether oxygens (including phenoxy) is 2. The third kappa shape index (κ3) is 4.04. The Balaban J connectivity index is 1.64. The second-order valence-corrected chi connectivity index (χ2v) is 8.05. The Kier molecular flexibility index (Phi) is 6.01. The molecule has 0 aliphatic carbocycles. The Bertz CT molecular complexity index is 1040. The van der Waals surface area contributed by atoms with Crippen molar-refractivity contribution in [3.8, 4) is 11.5 Å². The van der Waals surface area contributed by atoms with Crippen LogP contribution in [0, 0.1) is 5.82 Å². The molecule has 30 heavy (non-hydrogen) atoms. The van der Waals surface area contributed by atoms with Gasteiger partial charge in [0.1, 0.15) is 5.82 Å². The molecule has 7 heteroatoms. The Hall–Kier alpha value is -2.90. The normalized spacial score (nSPS) is 16.0. The number of methoxy groups -OCH3 is 2. The van der Waals surface area contributed by atoms with Gasteiger partial charge in [-0.1, -0.05) is 18.2 Å². The number of amides is 1. The summed E-state index contributed by atoms with van der Waals surface area (Å²) in [6, 6.07) is 14.2. The van der Waals surface area contributed by atoms with Gasteiger partial charge in [0.2, 0.25) is 5.91 Å². The van der Waals surface area contributed by atoms with Crippen LogP contribution < -0.4 is 14.8 Å². The Morgan fingerprint density at radius 1 is 1.17 bits per heavy atom. The zero-order valence-electron chi connectivity index (χ0n) is 16.9. The number of para-hydroxylation sites is 1. The summed E-state index contributed by atoms with van der Waals surface area (Å²) in [6.07, 6.45) is 0.782. The average Bonchev–Trinajstić information content (AvgIpc) is 3.28. The van der Waals surface area contributed by atoms with Crippen molar-refractivity contribution in [2.75, 3.05) is 32.6 Å². The van der Waals surface area contributed by atoms with Gasteiger partial charge in [-0.3, -0.25) is 9.69 Å². The maximum Gasteiger partial charge on any atom is 0.238 e. The van der Waals surface area contributed by atoms with E-state index < -0.39 is 5.82 Å². The van der Waals surface area contributed by atoms with Crippen LogP contribution in [0.5, 0.6) is 11.5 Å². The van der Waals surface area contributed by atoms with Gasteiger partial charge >= 0.3 is 0 Å². The second kappa shape index (κ2) is 8.85. The molecule has 156 valence electrons. The molecule has 0 spiro atoms. The number of hydrogen-bond donors (Lipinski definition) is 1. The molecule has 3 aromatic rings. The standard InChI is InChI=1S/C23H23FN2O3S/c1-28-19-12-15-9-10-26(14-22(27)25-18-7-4-3-6-17(18)24)23(21-8-5-11-30-21)16(15)13-20(19)29-2/h3-8,11-13,23H,9-10,14H2,1-2H3,(H,25,27). The predicted octanol–water partition coefficient (Wildman–Crippen LogP) is 4.49. The maximum absolute atomic E-state index is 13.9. The van der Waals surface area contributed by atoms with E-state index in [1.54, 1.807) is 43.8 Å². The van der Waals surface area contributed by atoms with E-state index in [-0.39, 0.29) is 24.2 Å². The van der Waals surface area contributed by atoms with Gasteiger partial charge in [-0.15, -0.1) is 11.3 Å². The van der Waals surface area contributed by atoms with Crippen LogP contribution in [0.4, 0.5) is 10.1 Å². The van der Waals surface area contributed by atoms with E-state index in [1.807, 2.05) is 23.6 Å². The fourth-order valence-electron chi connectivity index (χ4n) is 3.88. The van der Waals surface area contributed by atoms with Crippen LogP contribution in [0.3, 0.4) is 0 Å². The molecule has 5 nitrogen and oxygen atoms in total. The van der Waals surface area contributed by atoms with Crippen LogP contribution >= 0.6 is 11.3 Å². The van der Waals surface area contributed by atoms with Crippen LogP contribution in [0.1, 0.15) is 22.0 Å². The highest BCUT2D eigenvalue weighted by atomic mass is 32.1.